The molecule has 0 spiro atoms. The number of hydrogen-bond donors (Lipinski definition) is 3. The van der Waals surface area contributed by atoms with Gasteiger partial charge < -0.3 is 34.5 Å². The molecule has 3 N–H and O–H groups in total. The lowest BCUT2D eigenvalue weighted by molar-refractivity contribution is -0.244. The van der Waals surface area contributed by atoms with Crippen molar-refractivity contribution in [3.63, 3.8) is 0 Å². The molecule has 3 heterocycles. The number of rotatable bonds is 11. The lowest BCUT2D eigenvalue weighted by atomic mass is 9.86. The van der Waals surface area contributed by atoms with Gasteiger partial charge in [-0.15, -0.1) is 0 Å². The van der Waals surface area contributed by atoms with Gasteiger partial charge in [0.2, 0.25) is 33.3 Å². The number of halogens is 3. The molecule has 62 heavy (non-hydrogen) atoms. The third kappa shape index (κ3) is 9.85. The van der Waals surface area contributed by atoms with E-state index >= 15 is 4.79 Å². The number of alkyl halides is 3. The van der Waals surface area contributed by atoms with Gasteiger partial charge in [-0.05, 0) is 76.8 Å². The lowest BCUT2D eigenvalue weighted by Gasteiger charge is -2.35. The molecule has 0 bridgehead atoms. The quantitative estimate of drug-likeness (QED) is 0.264. The van der Waals surface area contributed by atoms with Crippen LogP contribution in [-0.4, -0.2) is 115 Å². The number of carbonyl (C=O) groups excluding carboxylic acids is 4. The lowest BCUT2D eigenvalue weighted by Crippen LogP contribution is -2.60. The van der Waals surface area contributed by atoms with E-state index in [2.05, 4.69) is 15.4 Å². The van der Waals surface area contributed by atoms with E-state index in [0.717, 1.165) is 0 Å². The number of methoxy groups -OCH3 is 2. The molecular weight excluding hydrogens is 838 g/mol. The summed E-state index contributed by atoms with van der Waals surface area (Å²) in [5, 5.41) is 5.26. The van der Waals surface area contributed by atoms with Crippen LogP contribution in [0, 0.1) is 17.8 Å². The summed E-state index contributed by atoms with van der Waals surface area (Å²) < 4.78 is 91.6. The fraction of sp³-hybridized carbons (Fsp3) is 0.714. The van der Waals surface area contributed by atoms with Gasteiger partial charge in [0.1, 0.15) is 35.2 Å². The van der Waals surface area contributed by atoms with Crippen LogP contribution in [0.4, 0.5) is 18.0 Å². The number of amides is 4. The minimum absolute atomic E-state index is 0.0681. The zero-order valence-corrected chi connectivity index (χ0v) is 37.3. The first-order valence-electron chi connectivity index (χ1n) is 21.2. The van der Waals surface area contributed by atoms with Gasteiger partial charge in [0, 0.05) is 31.4 Å². The molecule has 4 amide bonds. The molecule has 2 saturated heterocycles. The van der Waals surface area contributed by atoms with E-state index in [1.165, 1.54) is 19.1 Å². The highest BCUT2D eigenvalue weighted by atomic mass is 32.2. The second-order valence-electron chi connectivity index (χ2n) is 18.5. The summed E-state index contributed by atoms with van der Waals surface area (Å²) in [4.78, 5) is 67.9. The largest absolute Gasteiger partial charge is 0.497 e. The summed E-state index contributed by atoms with van der Waals surface area (Å²) in [7, 11) is -1.17. The Labute approximate surface area is 360 Å². The SMILES string of the molecule is COC[C@@H]1C[C@@H](C)CCCC[C@@H]2C[C@@]2(C(=O)NS(=O)(=O)C2(C)CC2)NC(=O)[C@@H]2C[C@@H](Oc3nc4cc(OC)ccc4nc3C(C)C)CN2C(=O)[C@H]1NC(=O)OC(C)(C)C(F)(F)F. The van der Waals surface area contributed by atoms with Crippen LogP contribution in [0.2, 0.25) is 0 Å². The average Bonchev–Trinajstić information content (AvgIpc) is 4.07. The van der Waals surface area contributed by atoms with Crippen LogP contribution in [0.25, 0.3) is 11.0 Å². The van der Waals surface area contributed by atoms with Gasteiger partial charge in [-0.3, -0.25) is 19.1 Å². The highest BCUT2D eigenvalue weighted by Gasteiger charge is 2.63. The minimum Gasteiger partial charge on any atom is -0.497 e. The number of hydrogen-bond acceptors (Lipinski definition) is 12. The molecule has 4 fully saturated rings. The van der Waals surface area contributed by atoms with Crippen LogP contribution in [0.5, 0.6) is 11.6 Å². The second kappa shape index (κ2) is 17.6. The normalized spacial score (nSPS) is 28.2. The van der Waals surface area contributed by atoms with E-state index in [1.807, 2.05) is 20.8 Å². The molecule has 4 aliphatic rings. The maximum atomic E-state index is 15.1. The molecule has 16 nitrogen and oxygen atoms in total. The van der Waals surface area contributed by atoms with Crippen LogP contribution in [-0.2, 0) is 33.9 Å². The highest BCUT2D eigenvalue weighted by Crippen LogP contribution is 2.49. The topological polar surface area (TPSA) is 204 Å². The molecule has 0 unspecified atom stereocenters. The number of nitrogens with zero attached hydrogens (tertiary/aromatic N) is 3. The Morgan fingerprint density at radius 2 is 1.74 bits per heavy atom. The molecule has 2 aliphatic heterocycles. The maximum absolute atomic E-state index is 15.1. The molecule has 7 atom stereocenters. The van der Waals surface area contributed by atoms with Gasteiger partial charge in [-0.25, -0.2) is 23.2 Å². The first-order valence-corrected chi connectivity index (χ1v) is 22.7. The van der Waals surface area contributed by atoms with Gasteiger partial charge >= 0.3 is 12.3 Å². The fourth-order valence-electron chi connectivity index (χ4n) is 8.44. The van der Waals surface area contributed by atoms with Gasteiger partial charge in [-0.1, -0.05) is 40.0 Å². The Kier molecular flexibility index (Phi) is 13.4. The second-order valence-corrected chi connectivity index (χ2v) is 20.7. The van der Waals surface area contributed by atoms with E-state index < -0.39 is 85.9 Å². The van der Waals surface area contributed by atoms with Crippen molar-refractivity contribution in [2.45, 2.75) is 145 Å². The van der Waals surface area contributed by atoms with Crippen LogP contribution in [0.15, 0.2) is 18.2 Å². The molecule has 2 aromatic rings. The van der Waals surface area contributed by atoms with E-state index in [1.54, 1.807) is 25.1 Å². The number of carbonyl (C=O) groups is 4. The van der Waals surface area contributed by atoms with Crippen molar-refractivity contribution in [3.8, 4) is 11.6 Å². The molecule has 2 aliphatic carbocycles. The summed E-state index contributed by atoms with van der Waals surface area (Å²) in [5.74, 6) is -3.23. The predicted molar refractivity (Wildman–Crippen MR) is 220 cm³/mol. The van der Waals surface area contributed by atoms with Crippen molar-refractivity contribution < 1.29 is 59.7 Å². The van der Waals surface area contributed by atoms with E-state index in [4.69, 9.17) is 28.9 Å². The highest BCUT2D eigenvalue weighted by molar-refractivity contribution is 7.91. The van der Waals surface area contributed by atoms with Crippen molar-refractivity contribution in [1.82, 2.24) is 30.2 Å². The minimum atomic E-state index is -4.94. The molecule has 344 valence electrons. The van der Waals surface area contributed by atoms with Crippen LogP contribution < -0.4 is 24.8 Å². The Morgan fingerprint density at radius 3 is 2.37 bits per heavy atom. The van der Waals surface area contributed by atoms with Crippen LogP contribution in [0.1, 0.15) is 111 Å². The standard InChI is InChI=1S/C42H59F3N6O10S/c1-23(2)32-35(47-30-18-27(59-8)13-14-29(30)46-32)60-28-19-31-34(52)49-41(37(54)50-62(56,57)40(6)15-16-40)20-26(41)12-10-9-11-24(3)17-25(22-58-7)33(36(53)51(31)21-28)48-38(55)61-39(4,5)42(43,44)45/h13-14,18,23-26,28,31,33H,9-12,15-17,19-22H2,1-8H3,(H,48,55)(H,49,52)(H,50,54)/t24-,25-,26+,28+,31-,33-,41+/m0/s1. The summed E-state index contributed by atoms with van der Waals surface area (Å²) in [5.41, 5.74) is -2.99. The molecule has 0 radical (unpaired) electrons. The predicted octanol–water partition coefficient (Wildman–Crippen LogP) is 5.28. The molecule has 6 rings (SSSR count). The average molecular weight is 897 g/mol. The number of alkyl carbamates (subject to hydrolysis) is 1. The third-order valence-electron chi connectivity index (χ3n) is 12.9. The zero-order valence-electron chi connectivity index (χ0n) is 36.5. The Hall–Kier alpha value is -4.46. The van der Waals surface area contributed by atoms with Crippen molar-refractivity contribution in [2.75, 3.05) is 27.4 Å². The Balaban J connectivity index is 1.39. The number of ether oxygens (including phenoxy) is 4. The first-order chi connectivity index (χ1) is 28.9. The molecule has 1 aromatic heterocycles. The molecule has 2 saturated carbocycles. The monoisotopic (exact) mass is 896 g/mol. The number of nitrogens with one attached hydrogen (secondary N) is 3. The van der Waals surface area contributed by atoms with E-state index in [9.17, 15) is 36.0 Å². The Morgan fingerprint density at radius 1 is 1.05 bits per heavy atom. The summed E-state index contributed by atoms with van der Waals surface area (Å²) >= 11 is 0. The van der Waals surface area contributed by atoms with E-state index in [0.29, 0.717) is 81.3 Å². The van der Waals surface area contributed by atoms with Gasteiger partial charge in [0.25, 0.3) is 5.91 Å². The maximum Gasteiger partial charge on any atom is 0.427 e. The molecule has 1 aromatic carbocycles. The number of aromatic nitrogens is 2. The van der Waals surface area contributed by atoms with Gasteiger partial charge in [-0.2, -0.15) is 13.2 Å². The van der Waals surface area contributed by atoms with Gasteiger partial charge in [0.15, 0.2) is 0 Å². The molecule has 20 heteroatoms. The van der Waals surface area contributed by atoms with Crippen LogP contribution >= 0.6 is 0 Å². The van der Waals surface area contributed by atoms with Crippen molar-refractivity contribution in [3.05, 3.63) is 23.9 Å². The van der Waals surface area contributed by atoms with Crippen molar-refractivity contribution >= 4 is 44.9 Å². The third-order valence-corrected chi connectivity index (χ3v) is 15.0. The summed E-state index contributed by atoms with van der Waals surface area (Å²) in [6.07, 6.45) is -3.80. The summed E-state index contributed by atoms with van der Waals surface area (Å²) in [6, 6.07) is 2.29. The smallest absolute Gasteiger partial charge is 0.427 e. The summed E-state index contributed by atoms with van der Waals surface area (Å²) in [6.45, 7) is 8.33. The van der Waals surface area contributed by atoms with Crippen molar-refractivity contribution in [2.24, 2.45) is 17.8 Å². The zero-order chi connectivity index (χ0) is 45.6. The fourth-order valence-corrected chi connectivity index (χ4v) is 9.76. The van der Waals surface area contributed by atoms with Crippen LogP contribution in [0.3, 0.4) is 0 Å². The number of fused-ring (bicyclic) bond motifs is 3. The first kappa shape index (κ1) is 47.0. The van der Waals surface area contributed by atoms with Gasteiger partial charge in [0.05, 0.1) is 36.0 Å². The number of benzene rings is 1. The van der Waals surface area contributed by atoms with Crippen molar-refractivity contribution in [1.29, 1.82) is 0 Å². The molecular formula is C42H59F3N6O10S. The number of sulfonamides is 1. The van der Waals surface area contributed by atoms with E-state index in [-0.39, 0.29) is 43.7 Å². The Bertz CT molecular complexity index is 2150.